The van der Waals surface area contributed by atoms with E-state index in [0.29, 0.717) is 10.4 Å². The lowest BCUT2D eigenvalue weighted by Crippen LogP contribution is -2.22. The van der Waals surface area contributed by atoms with E-state index >= 15 is 0 Å². The number of carbonyl (C=O) groups excluding carboxylic acids is 1. The molecule has 1 aromatic heterocycles. The van der Waals surface area contributed by atoms with Crippen LogP contribution in [0, 0.1) is 0 Å². The molecule has 1 rings (SSSR count). The van der Waals surface area contributed by atoms with Gasteiger partial charge in [0.15, 0.2) is 0 Å². The minimum absolute atomic E-state index is 0.0335. The number of carbonyl (C=O) groups is 1. The topological polar surface area (TPSA) is 68.0 Å². The van der Waals surface area contributed by atoms with Crippen molar-refractivity contribution in [3.05, 3.63) is 22.8 Å². The summed E-state index contributed by atoms with van der Waals surface area (Å²) in [6.45, 7) is -0.0335. The third-order valence-electron chi connectivity index (χ3n) is 1.17. The van der Waals surface area contributed by atoms with Crippen LogP contribution in [0.25, 0.3) is 0 Å². The van der Waals surface area contributed by atoms with Crippen LogP contribution in [0.1, 0.15) is 0 Å². The molecule has 4 nitrogen and oxygen atoms in total. The molecule has 64 valence electrons. The minimum atomic E-state index is -0.249. The Balaban J connectivity index is 2.69. The van der Waals surface area contributed by atoms with Gasteiger partial charge in [-0.2, -0.15) is 0 Å². The summed E-state index contributed by atoms with van der Waals surface area (Å²) < 4.78 is 0.678. The summed E-state index contributed by atoms with van der Waals surface area (Å²) in [7, 11) is 0. The summed E-state index contributed by atoms with van der Waals surface area (Å²) in [5.74, 6) is 0.250. The molecule has 0 aliphatic heterocycles. The molecular formula is C7H8BrN3O. The van der Waals surface area contributed by atoms with E-state index in [1.165, 1.54) is 0 Å². The Hall–Kier alpha value is -0.940. The molecule has 3 N–H and O–H groups in total. The zero-order chi connectivity index (χ0) is 8.97. The Morgan fingerprint density at radius 2 is 2.42 bits per heavy atom. The molecule has 5 heteroatoms. The molecule has 12 heavy (non-hydrogen) atoms. The fourth-order valence-electron chi connectivity index (χ4n) is 0.672. The van der Waals surface area contributed by atoms with Crippen molar-refractivity contribution in [2.45, 2.75) is 0 Å². The highest BCUT2D eigenvalue weighted by molar-refractivity contribution is 9.10. The van der Waals surface area contributed by atoms with Gasteiger partial charge in [0.05, 0.1) is 6.54 Å². The first-order chi connectivity index (χ1) is 5.72. The molecular weight excluding hydrogens is 222 g/mol. The van der Waals surface area contributed by atoms with E-state index in [4.69, 9.17) is 5.73 Å². The molecule has 0 unspecified atom stereocenters. The number of hydrogen-bond donors (Lipinski definition) is 2. The van der Waals surface area contributed by atoms with Crippen LogP contribution in [0.5, 0.6) is 0 Å². The molecule has 1 heterocycles. The molecule has 0 saturated carbocycles. The number of hydrogen-bond acceptors (Lipinski definition) is 3. The summed E-state index contributed by atoms with van der Waals surface area (Å²) in [4.78, 5) is 14.8. The van der Waals surface area contributed by atoms with Gasteiger partial charge in [-0.15, -0.1) is 0 Å². The van der Waals surface area contributed by atoms with Gasteiger partial charge in [-0.05, 0) is 28.1 Å². The lowest BCUT2D eigenvalue weighted by atomic mass is 10.4. The molecule has 0 aromatic carbocycles. The Labute approximate surface area is 78.3 Å². The second-order valence-corrected chi connectivity index (χ2v) is 2.91. The van der Waals surface area contributed by atoms with E-state index < -0.39 is 0 Å². The van der Waals surface area contributed by atoms with Crippen LogP contribution in [0.3, 0.4) is 0 Å². The molecule has 0 bridgehead atoms. The smallest absolute Gasteiger partial charge is 0.239 e. The van der Waals surface area contributed by atoms with E-state index in [1.54, 1.807) is 18.2 Å². The molecule has 0 atom stereocenters. The van der Waals surface area contributed by atoms with Gasteiger partial charge in [-0.3, -0.25) is 4.79 Å². The number of aromatic nitrogens is 1. The largest absolute Gasteiger partial charge is 0.322 e. The molecule has 0 saturated heterocycles. The molecule has 0 aliphatic rings. The summed E-state index contributed by atoms with van der Waals surface area (Å²) in [5.41, 5.74) is 5.11. The Bertz CT molecular complexity index is 290. The van der Waals surface area contributed by atoms with Crippen LogP contribution in [0.2, 0.25) is 0 Å². The number of halogens is 1. The van der Waals surface area contributed by atoms with Crippen molar-refractivity contribution in [3.8, 4) is 0 Å². The van der Waals surface area contributed by atoms with Gasteiger partial charge in [0, 0.05) is 0 Å². The molecule has 0 spiro atoms. The fourth-order valence-corrected chi connectivity index (χ4v) is 1.02. The van der Waals surface area contributed by atoms with Gasteiger partial charge in [-0.25, -0.2) is 4.98 Å². The minimum Gasteiger partial charge on any atom is -0.322 e. The van der Waals surface area contributed by atoms with Crippen LogP contribution >= 0.6 is 15.9 Å². The zero-order valence-corrected chi connectivity index (χ0v) is 7.84. The van der Waals surface area contributed by atoms with Crippen molar-refractivity contribution >= 4 is 27.7 Å². The van der Waals surface area contributed by atoms with E-state index in [9.17, 15) is 4.79 Å². The Morgan fingerprint density at radius 1 is 1.67 bits per heavy atom. The highest BCUT2D eigenvalue weighted by Crippen LogP contribution is 2.09. The molecule has 0 radical (unpaired) electrons. The van der Waals surface area contributed by atoms with Crippen molar-refractivity contribution in [2.75, 3.05) is 11.9 Å². The van der Waals surface area contributed by atoms with Crippen molar-refractivity contribution in [1.82, 2.24) is 4.98 Å². The second kappa shape index (κ2) is 4.18. The second-order valence-electron chi connectivity index (χ2n) is 2.10. The van der Waals surface area contributed by atoms with Crippen molar-refractivity contribution in [1.29, 1.82) is 0 Å². The first-order valence-corrected chi connectivity index (χ1v) is 4.14. The first kappa shape index (κ1) is 9.15. The van der Waals surface area contributed by atoms with Crippen molar-refractivity contribution < 1.29 is 4.79 Å². The van der Waals surface area contributed by atoms with Crippen LogP contribution < -0.4 is 11.1 Å². The summed E-state index contributed by atoms with van der Waals surface area (Å²) in [5, 5.41) is 2.53. The maximum Gasteiger partial charge on any atom is 0.239 e. The number of nitrogens with one attached hydrogen (secondary N) is 1. The van der Waals surface area contributed by atoms with E-state index in [-0.39, 0.29) is 12.5 Å². The summed E-state index contributed by atoms with van der Waals surface area (Å²) in [6, 6.07) is 5.25. The van der Waals surface area contributed by atoms with Crippen LogP contribution in [0.4, 0.5) is 5.82 Å². The number of pyridine rings is 1. The van der Waals surface area contributed by atoms with Crippen LogP contribution in [-0.4, -0.2) is 17.4 Å². The van der Waals surface area contributed by atoms with E-state index in [2.05, 4.69) is 26.2 Å². The van der Waals surface area contributed by atoms with Gasteiger partial charge < -0.3 is 11.1 Å². The SMILES string of the molecule is NCC(=O)Nc1cccc(Br)n1. The lowest BCUT2D eigenvalue weighted by molar-refractivity contribution is -0.114. The molecule has 0 fully saturated rings. The third kappa shape index (κ3) is 2.60. The Morgan fingerprint density at radius 3 is 3.00 bits per heavy atom. The fraction of sp³-hybridized carbons (Fsp3) is 0.143. The van der Waals surface area contributed by atoms with Gasteiger partial charge >= 0.3 is 0 Å². The summed E-state index contributed by atoms with van der Waals surface area (Å²) >= 11 is 3.18. The standard InChI is InChI=1S/C7H8BrN3O/c8-5-2-1-3-6(10-5)11-7(12)4-9/h1-3H,4,9H2,(H,10,11,12). The number of nitrogens with two attached hydrogens (primary N) is 1. The normalized spacial score (nSPS) is 9.50. The third-order valence-corrected chi connectivity index (χ3v) is 1.61. The van der Waals surface area contributed by atoms with Crippen molar-refractivity contribution in [3.63, 3.8) is 0 Å². The first-order valence-electron chi connectivity index (χ1n) is 3.35. The average Bonchev–Trinajstić information content (AvgIpc) is 2.04. The van der Waals surface area contributed by atoms with Crippen molar-refractivity contribution in [2.24, 2.45) is 5.73 Å². The van der Waals surface area contributed by atoms with Crippen LogP contribution in [0.15, 0.2) is 22.8 Å². The number of rotatable bonds is 2. The lowest BCUT2D eigenvalue weighted by Gasteiger charge is -2.01. The number of nitrogens with zero attached hydrogens (tertiary/aromatic N) is 1. The van der Waals surface area contributed by atoms with E-state index in [0.717, 1.165) is 0 Å². The maximum absolute atomic E-state index is 10.8. The predicted molar refractivity (Wildman–Crippen MR) is 49.6 cm³/mol. The zero-order valence-electron chi connectivity index (χ0n) is 6.25. The van der Waals surface area contributed by atoms with Gasteiger partial charge in [0.25, 0.3) is 0 Å². The molecule has 1 amide bonds. The number of anilines is 1. The quantitative estimate of drug-likeness (QED) is 0.736. The van der Waals surface area contributed by atoms with Gasteiger partial charge in [-0.1, -0.05) is 6.07 Å². The highest BCUT2D eigenvalue weighted by atomic mass is 79.9. The average molecular weight is 230 g/mol. The van der Waals surface area contributed by atoms with Crippen LogP contribution in [-0.2, 0) is 4.79 Å². The van der Waals surface area contributed by atoms with Gasteiger partial charge in [0.1, 0.15) is 10.4 Å². The predicted octanol–water partition coefficient (Wildman–Crippen LogP) is 0.741. The van der Waals surface area contributed by atoms with Gasteiger partial charge in [0.2, 0.25) is 5.91 Å². The number of amides is 1. The Kier molecular flexibility index (Phi) is 3.19. The van der Waals surface area contributed by atoms with E-state index in [1.807, 2.05) is 0 Å². The maximum atomic E-state index is 10.8. The summed E-state index contributed by atoms with van der Waals surface area (Å²) in [6.07, 6.45) is 0. The molecule has 0 aliphatic carbocycles. The highest BCUT2D eigenvalue weighted by Gasteiger charge is 1.99. The molecule has 1 aromatic rings. The monoisotopic (exact) mass is 229 g/mol.